The molecule has 0 aliphatic heterocycles. The van der Waals surface area contributed by atoms with E-state index in [4.69, 9.17) is 9.47 Å². The van der Waals surface area contributed by atoms with Crippen LogP contribution in [0.25, 0.3) is 6.08 Å². The lowest BCUT2D eigenvalue weighted by atomic mass is 9.93. The predicted molar refractivity (Wildman–Crippen MR) is 109 cm³/mol. The molecule has 1 saturated carbocycles. The Kier molecular flexibility index (Phi) is 6.32. The number of ether oxygens (including phenoxy) is 2. The highest BCUT2D eigenvalue weighted by atomic mass is 16.5. The average molecular weight is 380 g/mol. The monoisotopic (exact) mass is 380 g/mol. The minimum atomic E-state index is -0.263. The van der Waals surface area contributed by atoms with Gasteiger partial charge < -0.3 is 20.1 Å². The van der Waals surface area contributed by atoms with Gasteiger partial charge in [0.1, 0.15) is 0 Å². The Bertz CT molecular complexity index is 871. The van der Waals surface area contributed by atoms with Gasteiger partial charge in [0.15, 0.2) is 11.5 Å². The van der Waals surface area contributed by atoms with E-state index in [0.29, 0.717) is 28.8 Å². The van der Waals surface area contributed by atoms with Crippen molar-refractivity contribution in [2.75, 3.05) is 19.5 Å². The summed E-state index contributed by atoms with van der Waals surface area (Å²) >= 11 is 0. The van der Waals surface area contributed by atoms with Gasteiger partial charge in [0.2, 0.25) is 5.91 Å². The molecule has 3 rings (SSSR count). The van der Waals surface area contributed by atoms with Crippen LogP contribution in [-0.4, -0.2) is 32.1 Å². The van der Waals surface area contributed by atoms with E-state index in [1.54, 1.807) is 56.7 Å². The van der Waals surface area contributed by atoms with Crippen LogP contribution in [-0.2, 0) is 4.79 Å². The van der Waals surface area contributed by atoms with Crippen LogP contribution in [0.1, 0.15) is 35.2 Å². The summed E-state index contributed by atoms with van der Waals surface area (Å²) in [5, 5.41) is 5.77. The normalized spacial score (nSPS) is 13.6. The molecule has 1 aliphatic carbocycles. The van der Waals surface area contributed by atoms with Crippen molar-refractivity contribution in [3.05, 3.63) is 59.7 Å². The third kappa shape index (κ3) is 4.91. The largest absolute Gasteiger partial charge is 0.493 e. The zero-order valence-electron chi connectivity index (χ0n) is 16.0. The molecule has 2 amide bonds. The smallest absolute Gasteiger partial charge is 0.251 e. The van der Waals surface area contributed by atoms with Crippen molar-refractivity contribution >= 4 is 23.6 Å². The van der Waals surface area contributed by atoms with Gasteiger partial charge in [0.05, 0.1) is 14.2 Å². The van der Waals surface area contributed by atoms with Crippen LogP contribution in [0.15, 0.2) is 48.5 Å². The van der Waals surface area contributed by atoms with Crippen molar-refractivity contribution in [2.24, 2.45) is 0 Å². The molecule has 0 spiro atoms. The quantitative estimate of drug-likeness (QED) is 0.719. The summed E-state index contributed by atoms with van der Waals surface area (Å²) in [6.07, 6.45) is 6.40. The number of carbonyl (C=O) groups excluding carboxylic acids is 2. The molecule has 0 aromatic heterocycles. The van der Waals surface area contributed by atoms with E-state index in [0.717, 1.165) is 18.4 Å². The van der Waals surface area contributed by atoms with E-state index in [-0.39, 0.29) is 11.8 Å². The Balaban J connectivity index is 1.57. The first-order chi connectivity index (χ1) is 13.6. The standard InChI is InChI=1S/C22H24N2O4/c1-27-19-12-6-15(14-20(19)28-2)7-13-21(25)23-18-10-8-16(9-11-18)22(26)24-17-4-3-5-17/h6-14,17H,3-5H2,1-2H3,(H,23,25)(H,24,26)/b13-7+. The second-order valence-electron chi connectivity index (χ2n) is 6.62. The first-order valence-electron chi connectivity index (χ1n) is 9.21. The number of amides is 2. The summed E-state index contributed by atoms with van der Waals surface area (Å²) in [7, 11) is 3.14. The van der Waals surface area contributed by atoms with E-state index in [1.807, 2.05) is 6.07 Å². The van der Waals surface area contributed by atoms with Gasteiger partial charge in [-0.3, -0.25) is 9.59 Å². The summed E-state index contributed by atoms with van der Waals surface area (Å²) in [5.74, 6) is 0.892. The fourth-order valence-corrected chi connectivity index (χ4v) is 2.84. The van der Waals surface area contributed by atoms with Crippen LogP contribution in [0.3, 0.4) is 0 Å². The third-order valence-electron chi connectivity index (χ3n) is 4.69. The number of nitrogens with one attached hydrogen (secondary N) is 2. The molecule has 0 atom stereocenters. The van der Waals surface area contributed by atoms with E-state index < -0.39 is 0 Å². The molecular formula is C22H24N2O4. The first-order valence-corrected chi connectivity index (χ1v) is 9.21. The Morgan fingerprint density at radius 3 is 2.32 bits per heavy atom. The molecule has 0 saturated heterocycles. The van der Waals surface area contributed by atoms with Crippen LogP contribution in [0.5, 0.6) is 11.5 Å². The number of hydrogen-bond donors (Lipinski definition) is 2. The second kappa shape index (κ2) is 9.08. The van der Waals surface area contributed by atoms with Crippen molar-refractivity contribution in [1.29, 1.82) is 0 Å². The fraction of sp³-hybridized carbons (Fsp3) is 0.273. The number of rotatable bonds is 7. The maximum absolute atomic E-state index is 12.1. The van der Waals surface area contributed by atoms with Crippen LogP contribution in [0, 0.1) is 0 Å². The molecule has 0 radical (unpaired) electrons. The molecular weight excluding hydrogens is 356 g/mol. The second-order valence-corrected chi connectivity index (χ2v) is 6.62. The van der Waals surface area contributed by atoms with Crippen molar-refractivity contribution < 1.29 is 19.1 Å². The number of carbonyl (C=O) groups is 2. The Morgan fingerprint density at radius 1 is 1.00 bits per heavy atom. The summed E-state index contributed by atoms with van der Waals surface area (Å²) < 4.78 is 10.4. The van der Waals surface area contributed by atoms with Gasteiger partial charge >= 0.3 is 0 Å². The third-order valence-corrected chi connectivity index (χ3v) is 4.69. The highest BCUT2D eigenvalue weighted by molar-refractivity contribution is 6.02. The van der Waals surface area contributed by atoms with Crippen LogP contribution < -0.4 is 20.1 Å². The molecule has 28 heavy (non-hydrogen) atoms. The van der Waals surface area contributed by atoms with Crippen molar-refractivity contribution in [1.82, 2.24) is 5.32 Å². The SMILES string of the molecule is COc1ccc(/C=C/C(=O)Nc2ccc(C(=O)NC3CCC3)cc2)cc1OC. The van der Waals surface area contributed by atoms with Gasteiger partial charge in [-0.25, -0.2) is 0 Å². The van der Waals surface area contributed by atoms with Crippen molar-refractivity contribution in [2.45, 2.75) is 25.3 Å². The average Bonchev–Trinajstić information content (AvgIpc) is 2.69. The lowest BCUT2D eigenvalue weighted by Crippen LogP contribution is -2.39. The highest BCUT2D eigenvalue weighted by Crippen LogP contribution is 2.28. The highest BCUT2D eigenvalue weighted by Gasteiger charge is 2.19. The molecule has 1 fully saturated rings. The molecule has 6 heteroatoms. The lowest BCUT2D eigenvalue weighted by Gasteiger charge is -2.26. The maximum Gasteiger partial charge on any atom is 0.251 e. The van der Waals surface area contributed by atoms with E-state index in [2.05, 4.69) is 10.6 Å². The van der Waals surface area contributed by atoms with Gasteiger partial charge in [-0.2, -0.15) is 0 Å². The molecule has 2 aromatic carbocycles. The maximum atomic E-state index is 12.1. The fourth-order valence-electron chi connectivity index (χ4n) is 2.84. The van der Waals surface area contributed by atoms with E-state index in [9.17, 15) is 9.59 Å². The zero-order chi connectivity index (χ0) is 19.9. The van der Waals surface area contributed by atoms with Gasteiger partial charge in [-0.15, -0.1) is 0 Å². The Morgan fingerprint density at radius 2 is 1.71 bits per heavy atom. The minimum absolute atomic E-state index is 0.0732. The zero-order valence-corrected chi connectivity index (χ0v) is 16.0. The minimum Gasteiger partial charge on any atom is -0.493 e. The van der Waals surface area contributed by atoms with Gasteiger partial charge in [-0.05, 0) is 67.3 Å². The molecule has 1 aliphatic rings. The summed E-state index contributed by atoms with van der Waals surface area (Å²) in [5.41, 5.74) is 2.03. The molecule has 146 valence electrons. The number of anilines is 1. The first kappa shape index (κ1) is 19.5. The molecule has 6 nitrogen and oxygen atoms in total. The lowest BCUT2D eigenvalue weighted by molar-refractivity contribution is -0.111. The summed E-state index contributed by atoms with van der Waals surface area (Å²) in [6.45, 7) is 0. The summed E-state index contributed by atoms with van der Waals surface area (Å²) in [4.78, 5) is 24.3. The number of benzene rings is 2. The molecule has 0 bridgehead atoms. The summed E-state index contributed by atoms with van der Waals surface area (Å²) in [6, 6.07) is 12.6. The molecule has 0 unspecified atom stereocenters. The topological polar surface area (TPSA) is 76.7 Å². The Hall–Kier alpha value is -3.28. The van der Waals surface area contributed by atoms with Gasteiger partial charge in [-0.1, -0.05) is 6.07 Å². The van der Waals surface area contributed by atoms with Crippen LogP contribution >= 0.6 is 0 Å². The van der Waals surface area contributed by atoms with Gasteiger partial charge in [0.25, 0.3) is 5.91 Å². The van der Waals surface area contributed by atoms with Crippen molar-refractivity contribution in [3.8, 4) is 11.5 Å². The number of methoxy groups -OCH3 is 2. The van der Waals surface area contributed by atoms with E-state index in [1.165, 1.54) is 12.5 Å². The Labute approximate surface area is 164 Å². The van der Waals surface area contributed by atoms with E-state index >= 15 is 0 Å². The van der Waals surface area contributed by atoms with Crippen LogP contribution in [0.4, 0.5) is 5.69 Å². The van der Waals surface area contributed by atoms with Gasteiger partial charge in [0, 0.05) is 23.4 Å². The number of hydrogen-bond acceptors (Lipinski definition) is 4. The predicted octanol–water partition coefficient (Wildman–Crippen LogP) is 3.64. The molecule has 0 heterocycles. The van der Waals surface area contributed by atoms with Crippen LogP contribution in [0.2, 0.25) is 0 Å². The van der Waals surface area contributed by atoms with Crippen molar-refractivity contribution in [3.63, 3.8) is 0 Å². The molecule has 2 N–H and O–H groups in total. The molecule has 2 aromatic rings.